The van der Waals surface area contributed by atoms with Crippen molar-refractivity contribution in [3.05, 3.63) is 11.5 Å². The van der Waals surface area contributed by atoms with E-state index in [1.165, 1.54) is 12.2 Å². The normalized spacial score (nSPS) is 47.9. The number of hydrogen-bond acceptors (Lipinski definition) is 2. The van der Waals surface area contributed by atoms with Crippen LogP contribution in [0, 0.1) is 0 Å². The molecule has 0 amide bonds. The fourth-order valence-corrected chi connectivity index (χ4v) is 4.41. The molecule has 2 unspecified atom stereocenters. The summed E-state index contributed by atoms with van der Waals surface area (Å²) in [6.45, 7) is 2.35. The number of hydrogen-bond donors (Lipinski definition) is 0. The highest BCUT2D eigenvalue weighted by atomic mass is 32.2. The van der Waals surface area contributed by atoms with E-state index in [9.17, 15) is 0 Å². The molecule has 0 aromatic carbocycles. The zero-order valence-electron chi connectivity index (χ0n) is 5.46. The Balaban J connectivity index is 2.26. The number of thioether (sulfide) groups is 2. The van der Waals surface area contributed by atoms with Gasteiger partial charge in [0.1, 0.15) is 0 Å². The van der Waals surface area contributed by atoms with Crippen molar-refractivity contribution in [1.29, 1.82) is 0 Å². The van der Waals surface area contributed by atoms with Crippen molar-refractivity contribution < 1.29 is 0 Å². The van der Waals surface area contributed by atoms with Crippen molar-refractivity contribution in [3.63, 3.8) is 0 Å². The third-order valence-electron chi connectivity index (χ3n) is 2.07. The summed E-state index contributed by atoms with van der Waals surface area (Å²) in [4.78, 5) is 0. The smallest absolute Gasteiger partial charge is 0.0440 e. The summed E-state index contributed by atoms with van der Waals surface area (Å²) in [6.07, 6.45) is 3.76. The Morgan fingerprint density at radius 2 is 2.56 bits per heavy atom. The molecule has 2 aliphatic rings. The molecule has 0 radical (unpaired) electrons. The van der Waals surface area contributed by atoms with Crippen LogP contribution in [-0.2, 0) is 0 Å². The molecule has 0 bridgehead atoms. The summed E-state index contributed by atoms with van der Waals surface area (Å²) >= 11 is 4.12. The minimum absolute atomic E-state index is 0.505. The Bertz CT molecular complexity index is 153. The van der Waals surface area contributed by atoms with Gasteiger partial charge in [-0.05, 0) is 24.5 Å². The Kier molecular flexibility index (Phi) is 1.34. The van der Waals surface area contributed by atoms with E-state index in [4.69, 9.17) is 0 Å². The van der Waals surface area contributed by atoms with Crippen LogP contribution in [-0.4, -0.2) is 15.7 Å². The highest BCUT2D eigenvalue weighted by Crippen LogP contribution is 2.50. The van der Waals surface area contributed by atoms with Gasteiger partial charge in [-0.1, -0.05) is 6.08 Å². The Morgan fingerprint density at radius 1 is 1.67 bits per heavy atom. The summed E-state index contributed by atoms with van der Waals surface area (Å²) < 4.78 is 0.505. The quantitative estimate of drug-likeness (QED) is 0.531. The van der Waals surface area contributed by atoms with Crippen LogP contribution in [0.2, 0.25) is 0 Å². The molecule has 0 spiro atoms. The summed E-state index contributed by atoms with van der Waals surface area (Å²) in [5.41, 5.74) is 0. The van der Waals surface area contributed by atoms with Crippen LogP contribution in [0.1, 0.15) is 13.3 Å². The lowest BCUT2D eigenvalue weighted by atomic mass is 10.1. The monoisotopic (exact) mass is 158 g/mol. The zero-order valence-corrected chi connectivity index (χ0v) is 7.10. The second-order valence-corrected chi connectivity index (χ2v) is 5.44. The maximum atomic E-state index is 2.36. The first-order chi connectivity index (χ1) is 4.31. The topological polar surface area (TPSA) is 0 Å². The van der Waals surface area contributed by atoms with Crippen LogP contribution in [0.4, 0.5) is 0 Å². The maximum absolute atomic E-state index is 2.36. The van der Waals surface area contributed by atoms with E-state index >= 15 is 0 Å². The average molecular weight is 158 g/mol. The van der Waals surface area contributed by atoms with E-state index in [1.807, 2.05) is 11.8 Å². The fraction of sp³-hybridized carbons (Fsp3) is 0.714. The minimum atomic E-state index is 0.505. The molecule has 50 valence electrons. The molecule has 9 heavy (non-hydrogen) atoms. The maximum Gasteiger partial charge on any atom is 0.0440 e. The standard InChI is InChI=1S/C7H10S2/c1-7-3-5-8-6(7)2-4-9-7/h3,5-6H,2,4H2,1H3. The van der Waals surface area contributed by atoms with Crippen LogP contribution >= 0.6 is 23.5 Å². The Morgan fingerprint density at radius 3 is 3.33 bits per heavy atom. The summed E-state index contributed by atoms with van der Waals surface area (Å²) in [6, 6.07) is 0. The van der Waals surface area contributed by atoms with Crippen LogP contribution < -0.4 is 0 Å². The van der Waals surface area contributed by atoms with Crippen molar-refractivity contribution in [2.45, 2.75) is 23.3 Å². The molecule has 2 aliphatic heterocycles. The van der Waals surface area contributed by atoms with E-state index in [2.05, 4.69) is 30.2 Å². The lowest BCUT2D eigenvalue weighted by molar-refractivity contribution is 0.756. The number of rotatable bonds is 0. The molecule has 2 heteroatoms. The molecule has 2 heterocycles. The van der Waals surface area contributed by atoms with Gasteiger partial charge in [-0.25, -0.2) is 0 Å². The zero-order chi connectivity index (χ0) is 6.32. The van der Waals surface area contributed by atoms with Gasteiger partial charge < -0.3 is 0 Å². The third kappa shape index (κ3) is 0.838. The summed E-state index contributed by atoms with van der Waals surface area (Å²) in [5, 5.41) is 3.15. The van der Waals surface area contributed by atoms with Gasteiger partial charge in [-0.3, -0.25) is 0 Å². The Hall–Kier alpha value is 0.440. The van der Waals surface area contributed by atoms with Gasteiger partial charge >= 0.3 is 0 Å². The molecule has 1 fully saturated rings. The largest absolute Gasteiger partial charge is 0.150 e. The first kappa shape index (κ1) is 6.17. The molecule has 0 saturated carbocycles. The van der Waals surface area contributed by atoms with Crippen molar-refractivity contribution >= 4 is 23.5 Å². The molecule has 0 aliphatic carbocycles. The van der Waals surface area contributed by atoms with Gasteiger partial charge in [0.2, 0.25) is 0 Å². The van der Waals surface area contributed by atoms with Crippen molar-refractivity contribution in [2.24, 2.45) is 0 Å². The van der Waals surface area contributed by atoms with Gasteiger partial charge in [0.15, 0.2) is 0 Å². The molecule has 0 nitrogen and oxygen atoms in total. The van der Waals surface area contributed by atoms with Crippen LogP contribution in [0.15, 0.2) is 11.5 Å². The van der Waals surface area contributed by atoms with Gasteiger partial charge in [-0.2, -0.15) is 11.8 Å². The van der Waals surface area contributed by atoms with E-state index in [-0.39, 0.29) is 0 Å². The van der Waals surface area contributed by atoms with Crippen molar-refractivity contribution in [2.75, 3.05) is 5.75 Å². The van der Waals surface area contributed by atoms with Gasteiger partial charge in [0.25, 0.3) is 0 Å². The van der Waals surface area contributed by atoms with E-state index in [0.717, 1.165) is 5.25 Å². The molecule has 2 rings (SSSR count). The third-order valence-corrected chi connectivity index (χ3v) is 5.05. The van der Waals surface area contributed by atoms with Crippen LogP contribution in [0.25, 0.3) is 0 Å². The average Bonchev–Trinajstić information content (AvgIpc) is 2.22. The predicted octanol–water partition coefficient (Wildman–Crippen LogP) is 2.51. The van der Waals surface area contributed by atoms with Crippen LogP contribution in [0.5, 0.6) is 0 Å². The van der Waals surface area contributed by atoms with E-state index in [0.29, 0.717) is 4.75 Å². The highest BCUT2D eigenvalue weighted by molar-refractivity contribution is 8.07. The van der Waals surface area contributed by atoms with Crippen molar-refractivity contribution in [3.8, 4) is 0 Å². The van der Waals surface area contributed by atoms with Gasteiger partial charge in [0.05, 0.1) is 0 Å². The fourth-order valence-electron chi connectivity index (χ4n) is 1.39. The lowest BCUT2D eigenvalue weighted by Gasteiger charge is -2.19. The van der Waals surface area contributed by atoms with E-state index in [1.54, 1.807) is 0 Å². The molecule has 2 atom stereocenters. The highest BCUT2D eigenvalue weighted by Gasteiger charge is 2.40. The predicted molar refractivity (Wildman–Crippen MR) is 46.0 cm³/mol. The first-order valence-corrected chi connectivity index (χ1v) is 5.21. The lowest BCUT2D eigenvalue weighted by Crippen LogP contribution is -2.21. The second-order valence-electron chi connectivity index (χ2n) is 2.75. The van der Waals surface area contributed by atoms with Gasteiger partial charge in [0, 0.05) is 10.00 Å². The first-order valence-electron chi connectivity index (χ1n) is 3.28. The van der Waals surface area contributed by atoms with Gasteiger partial charge in [-0.15, -0.1) is 11.8 Å². The van der Waals surface area contributed by atoms with Crippen molar-refractivity contribution in [1.82, 2.24) is 0 Å². The Labute approximate surface area is 64.5 Å². The molecule has 0 aromatic rings. The molecular formula is C7H10S2. The van der Waals surface area contributed by atoms with E-state index < -0.39 is 0 Å². The minimum Gasteiger partial charge on any atom is -0.150 e. The summed E-state index contributed by atoms with van der Waals surface area (Å²) in [5.74, 6) is 1.36. The summed E-state index contributed by atoms with van der Waals surface area (Å²) in [7, 11) is 0. The molecular weight excluding hydrogens is 148 g/mol. The SMILES string of the molecule is CC12C=CSC1CCS2. The molecule has 1 saturated heterocycles. The molecule has 0 aromatic heterocycles. The van der Waals surface area contributed by atoms with Crippen LogP contribution in [0.3, 0.4) is 0 Å². The number of fused-ring (bicyclic) bond motifs is 1. The second kappa shape index (κ2) is 1.96. The molecule has 0 N–H and O–H groups in total.